The first-order chi connectivity index (χ1) is 29.7. The van der Waals surface area contributed by atoms with Crippen LogP contribution in [0.15, 0.2) is 54.7 Å². The minimum absolute atomic E-state index is 0.00813. The van der Waals surface area contributed by atoms with Gasteiger partial charge in [-0.3, -0.25) is 19.1 Å². The molecule has 0 bridgehead atoms. The third-order valence-electron chi connectivity index (χ3n) is 12.1. The van der Waals surface area contributed by atoms with Crippen LogP contribution in [0.2, 0.25) is 0 Å². The molecule has 7 atom stereocenters. The lowest BCUT2D eigenvalue weighted by Crippen LogP contribution is -2.60. The zero-order chi connectivity index (χ0) is 45.4. The number of benzene rings is 1. The van der Waals surface area contributed by atoms with Gasteiger partial charge in [-0.2, -0.15) is 0 Å². The number of sulfonamides is 1. The first-order valence-corrected chi connectivity index (χ1v) is 23.5. The van der Waals surface area contributed by atoms with Crippen LogP contribution in [0, 0.1) is 17.8 Å². The second-order valence-corrected chi connectivity index (χ2v) is 21.0. The van der Waals surface area contributed by atoms with Crippen molar-refractivity contribution in [2.45, 2.75) is 134 Å². The Morgan fingerprint density at radius 1 is 1.03 bits per heavy atom. The number of urea groups is 1. The summed E-state index contributed by atoms with van der Waals surface area (Å²) in [7, 11) is -2.35. The van der Waals surface area contributed by atoms with Gasteiger partial charge in [-0.25, -0.2) is 23.2 Å². The fourth-order valence-electron chi connectivity index (χ4n) is 8.59. The first kappa shape index (κ1) is 45.6. The van der Waals surface area contributed by atoms with Crippen LogP contribution >= 0.6 is 0 Å². The topological polar surface area (TPSA) is 207 Å². The van der Waals surface area contributed by atoms with E-state index in [0.29, 0.717) is 54.0 Å². The van der Waals surface area contributed by atoms with Gasteiger partial charge in [0.2, 0.25) is 33.6 Å². The van der Waals surface area contributed by atoms with Crippen molar-refractivity contribution in [2.75, 3.05) is 13.7 Å². The van der Waals surface area contributed by atoms with Crippen molar-refractivity contribution < 1.29 is 41.8 Å². The maximum atomic E-state index is 15.0. The molecule has 4 N–H and O–H groups in total. The Morgan fingerprint density at radius 2 is 1.79 bits per heavy atom. The largest absolute Gasteiger partial charge is 0.497 e. The van der Waals surface area contributed by atoms with Crippen LogP contribution in [-0.2, 0) is 24.4 Å². The van der Waals surface area contributed by atoms with Crippen LogP contribution in [0.1, 0.15) is 93.4 Å². The van der Waals surface area contributed by atoms with E-state index >= 15 is 4.79 Å². The van der Waals surface area contributed by atoms with Gasteiger partial charge in [0, 0.05) is 41.1 Å². The van der Waals surface area contributed by atoms with Gasteiger partial charge in [0.05, 0.1) is 30.7 Å². The number of nitrogens with one attached hydrogen (secondary N) is 4. The molecule has 0 spiro atoms. The minimum Gasteiger partial charge on any atom is -0.497 e. The van der Waals surface area contributed by atoms with Crippen LogP contribution in [0.3, 0.4) is 0 Å². The number of nitrogens with zero attached hydrogens (tertiary/aromatic N) is 3. The highest BCUT2D eigenvalue weighted by Gasteiger charge is 2.62. The number of methoxy groups -OCH3 is 1. The second kappa shape index (κ2) is 18.0. The number of aromatic nitrogens is 2. The summed E-state index contributed by atoms with van der Waals surface area (Å²) in [5.41, 5.74) is -0.890. The molecular weight excluding hydrogens is 827 g/mol. The summed E-state index contributed by atoms with van der Waals surface area (Å²) in [6.07, 6.45) is 7.84. The molecule has 2 aromatic heterocycles. The summed E-state index contributed by atoms with van der Waals surface area (Å²) in [5.74, 6) is -1.22. The fraction of sp³-hybridized carbons (Fsp3) is 0.565. The van der Waals surface area contributed by atoms with Crippen molar-refractivity contribution in [1.82, 2.24) is 35.5 Å². The van der Waals surface area contributed by atoms with E-state index in [9.17, 15) is 22.8 Å². The monoisotopic (exact) mass is 887 g/mol. The number of allylic oxidation sites excluding steroid dienone is 1. The molecule has 2 aliphatic carbocycles. The lowest BCUT2D eigenvalue weighted by atomic mass is 9.88. The maximum Gasteiger partial charge on any atom is 0.315 e. The Labute approximate surface area is 369 Å². The van der Waals surface area contributed by atoms with Gasteiger partial charge in [0.25, 0.3) is 5.91 Å². The molecule has 4 heterocycles. The van der Waals surface area contributed by atoms with Crippen LogP contribution < -0.4 is 34.9 Å². The summed E-state index contributed by atoms with van der Waals surface area (Å²) < 4.78 is 46.3. The lowest BCUT2D eigenvalue weighted by molar-refractivity contribution is -0.142. The van der Waals surface area contributed by atoms with Crippen molar-refractivity contribution in [3.05, 3.63) is 54.7 Å². The lowest BCUT2D eigenvalue weighted by Gasteiger charge is -2.33. The van der Waals surface area contributed by atoms with E-state index in [2.05, 4.69) is 32.6 Å². The molecule has 5 amide bonds. The molecule has 3 fully saturated rings. The molecule has 3 aromatic rings. The number of pyridine rings is 2. The number of fused-ring (bicyclic) bond motifs is 3. The van der Waals surface area contributed by atoms with E-state index in [4.69, 9.17) is 19.2 Å². The van der Waals surface area contributed by atoms with E-state index in [1.165, 1.54) is 4.90 Å². The quantitative estimate of drug-likeness (QED) is 0.190. The summed E-state index contributed by atoms with van der Waals surface area (Å²) in [4.78, 5) is 68.1. The standard InChI is InChI=1S/C46H61N7O9S/c1-26(2)61-38-18-13-29(24-47-38)36-21-30-20-32(60-8)14-17-35(30)41(48-36)62-33-22-37-40(54)50-46(43(56)52-63(58,59)34-15-16-34)23-31(46)12-10-9-11-27(3)19-28(4)39(42(55)53(37)25-33)49-44(57)51-45(5,6)7/h10,12-14,17-18,20-21,24,26-28,31,33-34,37,39H,9,11,15-16,19,22-23,25H2,1-8H3,(H,50,54)(H,52,56)(H2,49,51,57)/t27-,28+,31+,33+,37-,39-,46+/m0/s1. The average molecular weight is 888 g/mol. The number of hydrogen-bond donors (Lipinski definition) is 4. The number of hydrogen-bond acceptors (Lipinski definition) is 11. The third kappa shape index (κ3) is 10.7. The van der Waals surface area contributed by atoms with E-state index in [0.717, 1.165) is 11.8 Å². The van der Waals surface area contributed by atoms with Crippen LogP contribution in [0.5, 0.6) is 17.5 Å². The predicted octanol–water partition coefficient (Wildman–Crippen LogP) is 5.40. The normalized spacial score (nSPS) is 26.7. The van der Waals surface area contributed by atoms with E-state index in [-0.39, 0.29) is 43.2 Å². The Balaban J connectivity index is 1.25. The number of carbonyl (C=O) groups is 4. The van der Waals surface area contributed by atoms with Gasteiger partial charge < -0.3 is 35.1 Å². The summed E-state index contributed by atoms with van der Waals surface area (Å²) in [5, 5.41) is 9.55. The van der Waals surface area contributed by atoms with Crippen LogP contribution in [0.25, 0.3) is 22.0 Å². The SMILES string of the molecule is COc1ccc2c(O[C@@H]3C[C@H]4C(=O)N[C@]5(C(=O)NS(=O)(=O)C6CC6)C[C@H]5C=CCC[C@H](C)C[C@@H](C)[C@H](NC(=O)NC(C)(C)C)C(=O)N4C3)nc(-c3ccc(OC(C)C)nc3)cc2c1. The van der Waals surface area contributed by atoms with Gasteiger partial charge in [0.15, 0.2) is 0 Å². The van der Waals surface area contributed by atoms with E-state index < -0.39 is 74.2 Å². The Bertz CT molecular complexity index is 2360. The highest BCUT2D eigenvalue weighted by atomic mass is 32.2. The van der Waals surface area contributed by atoms with Gasteiger partial charge >= 0.3 is 6.03 Å². The van der Waals surface area contributed by atoms with Crippen molar-refractivity contribution in [1.29, 1.82) is 0 Å². The zero-order valence-electron chi connectivity index (χ0n) is 37.4. The smallest absolute Gasteiger partial charge is 0.315 e. The fourth-order valence-corrected chi connectivity index (χ4v) is 9.95. The zero-order valence-corrected chi connectivity index (χ0v) is 38.2. The average Bonchev–Trinajstić information content (AvgIpc) is 4.14. The summed E-state index contributed by atoms with van der Waals surface area (Å²) in [6.45, 7) is 13.3. The number of carbonyl (C=O) groups excluding carboxylic acids is 4. The predicted molar refractivity (Wildman–Crippen MR) is 237 cm³/mol. The Kier molecular flexibility index (Phi) is 13.0. The molecular formula is C46H61N7O9S. The highest BCUT2D eigenvalue weighted by molar-refractivity contribution is 7.91. The molecule has 0 unspecified atom stereocenters. The van der Waals surface area contributed by atoms with Crippen molar-refractivity contribution in [3.8, 4) is 28.8 Å². The molecule has 1 aromatic carbocycles. The third-order valence-corrected chi connectivity index (χ3v) is 13.9. The molecule has 17 heteroatoms. The van der Waals surface area contributed by atoms with Gasteiger partial charge in [-0.15, -0.1) is 0 Å². The van der Waals surface area contributed by atoms with Gasteiger partial charge in [-0.1, -0.05) is 26.0 Å². The maximum absolute atomic E-state index is 15.0. The minimum atomic E-state index is -3.93. The van der Waals surface area contributed by atoms with E-state index in [1.807, 2.05) is 78.0 Å². The highest BCUT2D eigenvalue weighted by Crippen LogP contribution is 2.46. The van der Waals surface area contributed by atoms with Crippen molar-refractivity contribution in [3.63, 3.8) is 0 Å². The molecule has 340 valence electrons. The molecule has 2 saturated carbocycles. The first-order valence-electron chi connectivity index (χ1n) is 22.0. The summed E-state index contributed by atoms with van der Waals surface area (Å²) >= 11 is 0. The van der Waals surface area contributed by atoms with Gasteiger partial charge in [0.1, 0.15) is 29.5 Å². The Hall–Kier alpha value is -5.45. The van der Waals surface area contributed by atoms with E-state index in [1.54, 1.807) is 25.4 Å². The molecule has 0 radical (unpaired) electrons. The number of amides is 5. The second-order valence-electron chi connectivity index (χ2n) is 19.0. The molecule has 1 saturated heterocycles. The Morgan fingerprint density at radius 3 is 2.46 bits per heavy atom. The molecule has 4 aliphatic rings. The van der Waals surface area contributed by atoms with Crippen LogP contribution in [0.4, 0.5) is 4.79 Å². The molecule has 2 aliphatic heterocycles. The number of rotatable bonds is 10. The number of ether oxygens (including phenoxy) is 3. The molecule has 63 heavy (non-hydrogen) atoms. The van der Waals surface area contributed by atoms with Crippen LogP contribution in [-0.4, -0.2) is 101 Å². The molecule has 7 rings (SSSR count). The van der Waals surface area contributed by atoms with Gasteiger partial charge in [-0.05, 0) is 121 Å². The van der Waals surface area contributed by atoms with Crippen molar-refractivity contribution >= 4 is 44.5 Å². The van der Waals surface area contributed by atoms with Crippen molar-refractivity contribution in [2.24, 2.45) is 17.8 Å². The summed E-state index contributed by atoms with van der Waals surface area (Å²) in [6, 6.07) is 8.30. The molecule has 16 nitrogen and oxygen atoms in total.